The minimum atomic E-state index is -0.140. The van der Waals surface area contributed by atoms with Gasteiger partial charge in [0, 0.05) is 6.42 Å². The van der Waals surface area contributed by atoms with Gasteiger partial charge in [0.2, 0.25) is 0 Å². The Labute approximate surface area is 207 Å². The molecule has 0 saturated heterocycles. The van der Waals surface area contributed by atoms with E-state index in [9.17, 15) is 4.79 Å². The highest BCUT2D eigenvalue weighted by atomic mass is 16.6. The van der Waals surface area contributed by atoms with Crippen molar-refractivity contribution < 1.29 is 42.7 Å². The molecule has 0 heterocycles. The van der Waals surface area contributed by atoms with Gasteiger partial charge in [0.05, 0.1) is 92.0 Å². The van der Waals surface area contributed by atoms with Crippen molar-refractivity contribution in [3.8, 4) is 0 Å². The number of esters is 1. The highest BCUT2D eigenvalue weighted by Crippen LogP contribution is 2.05. The Morgan fingerprint density at radius 3 is 1.32 bits per heavy atom. The highest BCUT2D eigenvalue weighted by molar-refractivity contribution is 5.69. The Morgan fingerprint density at radius 2 is 0.912 bits per heavy atom. The van der Waals surface area contributed by atoms with E-state index in [-0.39, 0.29) is 12.1 Å². The first-order chi connectivity index (χ1) is 16.7. The zero-order chi connectivity index (χ0) is 25.0. The van der Waals surface area contributed by atoms with E-state index in [1.807, 2.05) is 13.8 Å². The maximum Gasteiger partial charge on any atom is 0.305 e. The van der Waals surface area contributed by atoms with Crippen LogP contribution in [-0.2, 0) is 42.7 Å². The number of ether oxygens (including phenoxy) is 8. The van der Waals surface area contributed by atoms with Gasteiger partial charge in [-0.3, -0.25) is 4.79 Å². The maximum atomic E-state index is 11.6. The number of hydrogen-bond acceptors (Lipinski definition) is 9. The van der Waals surface area contributed by atoms with Crippen molar-refractivity contribution in [2.75, 3.05) is 92.5 Å². The summed E-state index contributed by atoms with van der Waals surface area (Å²) in [5.74, 6) is -0.140. The standard InChI is InChI=1S/C25H50O9/c1-4-5-6-7-8-9-25(26)34-23-21-32-19-17-30-15-13-28-11-10-27-12-14-29-16-18-31-20-22-33-24(2)3/h24H,4-23H2,1-3H3. The molecule has 0 amide bonds. The summed E-state index contributed by atoms with van der Waals surface area (Å²) in [6.45, 7) is 13.2. The van der Waals surface area contributed by atoms with Gasteiger partial charge >= 0.3 is 5.97 Å². The lowest BCUT2D eigenvalue weighted by Crippen LogP contribution is -2.15. The molecule has 0 aromatic rings. The predicted octanol–water partition coefficient (Wildman–Crippen LogP) is 3.41. The largest absolute Gasteiger partial charge is 0.463 e. The van der Waals surface area contributed by atoms with Gasteiger partial charge in [-0.1, -0.05) is 32.6 Å². The first-order valence-electron chi connectivity index (χ1n) is 12.9. The summed E-state index contributed by atoms with van der Waals surface area (Å²) >= 11 is 0. The molecule has 0 aliphatic heterocycles. The Balaban J connectivity index is 3.09. The van der Waals surface area contributed by atoms with Crippen molar-refractivity contribution in [2.24, 2.45) is 0 Å². The lowest BCUT2D eigenvalue weighted by molar-refractivity contribution is -0.145. The van der Waals surface area contributed by atoms with Crippen LogP contribution in [0.2, 0.25) is 0 Å². The molecule has 0 atom stereocenters. The van der Waals surface area contributed by atoms with Gasteiger partial charge in [0.25, 0.3) is 0 Å². The number of rotatable bonds is 28. The van der Waals surface area contributed by atoms with Gasteiger partial charge in [-0.15, -0.1) is 0 Å². The monoisotopic (exact) mass is 494 g/mol. The molecule has 0 spiro atoms. The molecule has 0 aliphatic carbocycles. The summed E-state index contributed by atoms with van der Waals surface area (Å²) in [5.41, 5.74) is 0. The van der Waals surface area contributed by atoms with Crippen molar-refractivity contribution >= 4 is 5.97 Å². The fourth-order valence-corrected chi connectivity index (χ4v) is 2.70. The molecule has 0 aromatic heterocycles. The third-order valence-electron chi connectivity index (χ3n) is 4.51. The number of hydrogen-bond donors (Lipinski definition) is 0. The van der Waals surface area contributed by atoms with E-state index >= 15 is 0 Å². The average Bonchev–Trinajstić information content (AvgIpc) is 2.82. The second-order valence-electron chi connectivity index (χ2n) is 7.98. The molecule has 0 saturated carbocycles. The minimum absolute atomic E-state index is 0.140. The van der Waals surface area contributed by atoms with E-state index in [1.54, 1.807) is 0 Å². The second kappa shape index (κ2) is 28.4. The molecular weight excluding hydrogens is 444 g/mol. The van der Waals surface area contributed by atoms with Crippen LogP contribution in [0.15, 0.2) is 0 Å². The van der Waals surface area contributed by atoms with Crippen molar-refractivity contribution in [2.45, 2.75) is 65.4 Å². The summed E-state index contributed by atoms with van der Waals surface area (Å²) in [5, 5.41) is 0. The minimum Gasteiger partial charge on any atom is -0.463 e. The molecule has 0 fully saturated rings. The van der Waals surface area contributed by atoms with Crippen molar-refractivity contribution in [3.05, 3.63) is 0 Å². The first-order valence-corrected chi connectivity index (χ1v) is 12.9. The molecule has 0 N–H and O–H groups in total. The Bertz CT molecular complexity index is 408. The molecule has 0 aromatic carbocycles. The summed E-state index contributed by atoms with van der Waals surface area (Å²) in [7, 11) is 0. The fraction of sp³-hybridized carbons (Fsp3) is 0.960. The quantitative estimate of drug-likeness (QED) is 0.120. The SMILES string of the molecule is CCCCCCCC(=O)OCCOCCOCCOCCOCCOCCOCCOC(C)C. The van der Waals surface area contributed by atoms with E-state index in [4.69, 9.17) is 37.9 Å². The van der Waals surface area contributed by atoms with Crippen LogP contribution in [0.1, 0.15) is 59.3 Å². The van der Waals surface area contributed by atoms with Crippen LogP contribution in [0, 0.1) is 0 Å². The molecule has 0 bridgehead atoms. The molecular formula is C25H50O9. The zero-order valence-corrected chi connectivity index (χ0v) is 21.9. The topological polar surface area (TPSA) is 90.9 Å². The molecule has 0 rings (SSSR count). The van der Waals surface area contributed by atoms with Gasteiger partial charge in [0.15, 0.2) is 0 Å². The molecule has 204 valence electrons. The van der Waals surface area contributed by atoms with Gasteiger partial charge in [0.1, 0.15) is 6.61 Å². The molecule has 0 radical (unpaired) electrons. The lowest BCUT2D eigenvalue weighted by atomic mass is 10.1. The van der Waals surface area contributed by atoms with Crippen LogP contribution in [0.3, 0.4) is 0 Å². The van der Waals surface area contributed by atoms with Gasteiger partial charge < -0.3 is 37.9 Å². The Kier molecular flexibility index (Phi) is 27.8. The van der Waals surface area contributed by atoms with Gasteiger partial charge in [-0.2, -0.15) is 0 Å². The van der Waals surface area contributed by atoms with E-state index in [0.29, 0.717) is 98.9 Å². The summed E-state index contributed by atoms with van der Waals surface area (Å²) in [6.07, 6.45) is 6.35. The Morgan fingerprint density at radius 1 is 0.529 bits per heavy atom. The number of carbonyl (C=O) groups excluding carboxylic acids is 1. The molecule has 0 aliphatic rings. The third kappa shape index (κ3) is 29.2. The average molecular weight is 495 g/mol. The van der Waals surface area contributed by atoms with E-state index in [0.717, 1.165) is 12.8 Å². The van der Waals surface area contributed by atoms with Crippen LogP contribution in [0.4, 0.5) is 0 Å². The molecule has 34 heavy (non-hydrogen) atoms. The second-order valence-corrected chi connectivity index (χ2v) is 7.98. The predicted molar refractivity (Wildman–Crippen MR) is 130 cm³/mol. The molecule has 9 heteroatoms. The normalized spacial score (nSPS) is 11.4. The number of carbonyl (C=O) groups is 1. The van der Waals surface area contributed by atoms with E-state index in [1.165, 1.54) is 19.3 Å². The zero-order valence-electron chi connectivity index (χ0n) is 21.9. The smallest absolute Gasteiger partial charge is 0.305 e. The van der Waals surface area contributed by atoms with Crippen LogP contribution < -0.4 is 0 Å². The van der Waals surface area contributed by atoms with Gasteiger partial charge in [-0.25, -0.2) is 0 Å². The maximum absolute atomic E-state index is 11.6. The molecule has 9 nitrogen and oxygen atoms in total. The van der Waals surface area contributed by atoms with E-state index in [2.05, 4.69) is 6.92 Å². The van der Waals surface area contributed by atoms with Crippen LogP contribution >= 0.6 is 0 Å². The molecule has 0 unspecified atom stereocenters. The van der Waals surface area contributed by atoms with Crippen molar-refractivity contribution in [3.63, 3.8) is 0 Å². The van der Waals surface area contributed by atoms with E-state index < -0.39 is 0 Å². The van der Waals surface area contributed by atoms with Crippen LogP contribution in [-0.4, -0.2) is 105 Å². The third-order valence-corrected chi connectivity index (χ3v) is 4.51. The van der Waals surface area contributed by atoms with Gasteiger partial charge in [-0.05, 0) is 20.3 Å². The summed E-state index contributed by atoms with van der Waals surface area (Å²) < 4.78 is 43.0. The number of unbranched alkanes of at least 4 members (excludes halogenated alkanes) is 4. The lowest BCUT2D eigenvalue weighted by Gasteiger charge is -2.09. The first kappa shape index (κ1) is 33.2. The van der Waals surface area contributed by atoms with Crippen molar-refractivity contribution in [1.29, 1.82) is 0 Å². The van der Waals surface area contributed by atoms with Crippen LogP contribution in [0.5, 0.6) is 0 Å². The van der Waals surface area contributed by atoms with Crippen LogP contribution in [0.25, 0.3) is 0 Å². The fourth-order valence-electron chi connectivity index (χ4n) is 2.70. The summed E-state index contributed by atoms with van der Waals surface area (Å²) in [6, 6.07) is 0. The summed E-state index contributed by atoms with van der Waals surface area (Å²) in [4.78, 5) is 11.6. The van der Waals surface area contributed by atoms with Crippen molar-refractivity contribution in [1.82, 2.24) is 0 Å². The highest BCUT2D eigenvalue weighted by Gasteiger charge is 2.02. The Hall–Kier alpha value is -0.810.